The molecular weight excluding hydrogens is 382 g/mol. The Bertz CT molecular complexity index is 1110. The molecule has 0 unspecified atom stereocenters. The summed E-state index contributed by atoms with van der Waals surface area (Å²) < 4.78 is 0. The van der Waals surface area contributed by atoms with Gasteiger partial charge in [0.15, 0.2) is 0 Å². The van der Waals surface area contributed by atoms with Crippen LogP contribution in [0.2, 0.25) is 0 Å². The van der Waals surface area contributed by atoms with E-state index in [0.29, 0.717) is 45.4 Å². The molecule has 2 heterocycles. The van der Waals surface area contributed by atoms with Crippen LogP contribution in [0.25, 0.3) is 21.3 Å². The molecule has 29 heavy (non-hydrogen) atoms. The first-order valence-electron chi connectivity index (χ1n) is 9.65. The molecule has 1 aromatic carbocycles. The first kappa shape index (κ1) is 20.6. The summed E-state index contributed by atoms with van der Waals surface area (Å²) in [5, 5.41) is 10.4. The molecule has 0 radical (unpaired) electrons. The standard InChI is InChI=1S/C22H25N5OS/c1-5-27(6-2)22(28)19-18(24)17-16(14-9-7-13(8-10-14)12(3)4)15(11-23)20(25)26-21(17)29-19/h7-10,12H,5-6,24H2,1-4H3,(H2,25,26). The quantitative estimate of drug-likeness (QED) is 0.642. The van der Waals surface area contributed by atoms with E-state index in [1.54, 1.807) is 4.90 Å². The lowest BCUT2D eigenvalue weighted by atomic mass is 9.94. The topological polar surface area (TPSA) is 109 Å². The van der Waals surface area contributed by atoms with Gasteiger partial charge in [-0.05, 0) is 30.9 Å². The predicted molar refractivity (Wildman–Crippen MR) is 120 cm³/mol. The van der Waals surface area contributed by atoms with Gasteiger partial charge in [0.1, 0.15) is 27.2 Å². The summed E-state index contributed by atoms with van der Waals surface area (Å²) in [6.45, 7) is 9.28. The van der Waals surface area contributed by atoms with Crippen LogP contribution in [-0.4, -0.2) is 28.9 Å². The van der Waals surface area contributed by atoms with Crippen LogP contribution in [-0.2, 0) is 0 Å². The Morgan fingerprint density at radius 3 is 2.34 bits per heavy atom. The van der Waals surface area contributed by atoms with Crippen LogP contribution in [0.3, 0.4) is 0 Å². The first-order chi connectivity index (χ1) is 13.8. The van der Waals surface area contributed by atoms with Gasteiger partial charge in [-0.15, -0.1) is 11.3 Å². The Labute approximate surface area is 174 Å². The van der Waals surface area contributed by atoms with Gasteiger partial charge in [0, 0.05) is 24.0 Å². The number of fused-ring (bicyclic) bond motifs is 1. The smallest absolute Gasteiger partial charge is 0.266 e. The van der Waals surface area contributed by atoms with E-state index in [-0.39, 0.29) is 17.3 Å². The van der Waals surface area contributed by atoms with E-state index in [1.807, 2.05) is 38.1 Å². The van der Waals surface area contributed by atoms with Crippen molar-refractivity contribution in [1.82, 2.24) is 9.88 Å². The number of hydrogen-bond acceptors (Lipinski definition) is 6. The van der Waals surface area contributed by atoms with Crippen molar-refractivity contribution in [3.8, 4) is 17.2 Å². The Kier molecular flexibility index (Phi) is 5.76. The SMILES string of the molecule is CCN(CC)C(=O)c1sc2nc(N)c(C#N)c(-c3ccc(C(C)C)cc3)c2c1N. The van der Waals surface area contributed by atoms with Crippen LogP contribution in [0.5, 0.6) is 0 Å². The summed E-state index contributed by atoms with van der Waals surface area (Å²) in [6, 6.07) is 10.2. The molecule has 1 amide bonds. The third-order valence-corrected chi connectivity index (χ3v) is 6.21. The molecule has 3 aromatic rings. The molecule has 0 atom stereocenters. The summed E-state index contributed by atoms with van der Waals surface area (Å²) in [7, 11) is 0. The summed E-state index contributed by atoms with van der Waals surface area (Å²) in [4.78, 5) is 20.0. The number of nitrogens with zero attached hydrogens (tertiary/aromatic N) is 3. The number of anilines is 2. The van der Waals surface area contributed by atoms with E-state index >= 15 is 0 Å². The van der Waals surface area contributed by atoms with Gasteiger partial charge < -0.3 is 16.4 Å². The van der Waals surface area contributed by atoms with Gasteiger partial charge in [0.2, 0.25) is 0 Å². The second kappa shape index (κ2) is 8.10. The van der Waals surface area contributed by atoms with Crippen molar-refractivity contribution >= 4 is 39.0 Å². The van der Waals surface area contributed by atoms with E-state index < -0.39 is 0 Å². The van der Waals surface area contributed by atoms with Gasteiger partial charge in [0.05, 0.1) is 5.69 Å². The number of thiophene rings is 1. The molecule has 150 valence electrons. The number of rotatable bonds is 5. The molecule has 7 heteroatoms. The maximum atomic E-state index is 12.9. The van der Waals surface area contributed by atoms with Crippen LogP contribution in [0, 0.1) is 11.3 Å². The molecule has 6 nitrogen and oxygen atoms in total. The molecule has 0 spiro atoms. The average Bonchev–Trinajstić information content (AvgIpc) is 3.03. The number of benzene rings is 1. The van der Waals surface area contributed by atoms with Crippen LogP contribution in [0.15, 0.2) is 24.3 Å². The van der Waals surface area contributed by atoms with Crippen LogP contribution < -0.4 is 11.5 Å². The van der Waals surface area contributed by atoms with E-state index in [1.165, 1.54) is 16.9 Å². The molecule has 0 saturated heterocycles. The summed E-state index contributed by atoms with van der Waals surface area (Å²) in [5.74, 6) is 0.409. The summed E-state index contributed by atoms with van der Waals surface area (Å²) >= 11 is 1.22. The minimum atomic E-state index is -0.131. The van der Waals surface area contributed by atoms with E-state index in [2.05, 4.69) is 24.9 Å². The van der Waals surface area contributed by atoms with Crippen molar-refractivity contribution in [1.29, 1.82) is 5.26 Å². The first-order valence-corrected chi connectivity index (χ1v) is 10.5. The Balaban J connectivity index is 2.30. The second-order valence-corrected chi connectivity index (χ2v) is 8.14. The lowest BCUT2D eigenvalue weighted by molar-refractivity contribution is 0.0779. The van der Waals surface area contributed by atoms with E-state index in [0.717, 1.165) is 5.56 Å². The normalized spacial score (nSPS) is 11.0. The number of nitrogen functional groups attached to an aromatic ring is 2. The van der Waals surface area contributed by atoms with E-state index in [4.69, 9.17) is 11.5 Å². The Morgan fingerprint density at radius 1 is 1.21 bits per heavy atom. The highest BCUT2D eigenvalue weighted by atomic mass is 32.1. The molecule has 0 fully saturated rings. The predicted octanol–water partition coefficient (Wildman–Crippen LogP) is 4.60. The van der Waals surface area contributed by atoms with Gasteiger partial charge in [-0.2, -0.15) is 5.26 Å². The Morgan fingerprint density at radius 2 is 1.83 bits per heavy atom. The van der Waals surface area contributed by atoms with Crippen LogP contribution in [0.1, 0.15) is 54.4 Å². The Hall–Kier alpha value is -3.11. The van der Waals surface area contributed by atoms with Gasteiger partial charge in [-0.3, -0.25) is 4.79 Å². The number of carbonyl (C=O) groups excluding carboxylic acids is 1. The monoisotopic (exact) mass is 407 g/mol. The minimum absolute atomic E-state index is 0.131. The van der Waals surface area contributed by atoms with Crippen molar-refractivity contribution < 1.29 is 4.79 Å². The van der Waals surface area contributed by atoms with Crippen molar-refractivity contribution in [3.05, 3.63) is 40.3 Å². The highest BCUT2D eigenvalue weighted by Gasteiger charge is 2.26. The molecule has 0 aliphatic carbocycles. The lowest BCUT2D eigenvalue weighted by Gasteiger charge is -2.17. The van der Waals surface area contributed by atoms with Gasteiger partial charge in [0.25, 0.3) is 5.91 Å². The highest BCUT2D eigenvalue weighted by Crippen LogP contribution is 2.43. The van der Waals surface area contributed by atoms with Gasteiger partial charge in [-0.25, -0.2) is 4.98 Å². The minimum Gasteiger partial charge on any atom is -0.397 e. The number of amides is 1. The molecule has 3 rings (SSSR count). The van der Waals surface area contributed by atoms with Crippen molar-refractivity contribution in [2.75, 3.05) is 24.6 Å². The van der Waals surface area contributed by atoms with Crippen LogP contribution >= 0.6 is 11.3 Å². The molecule has 2 aromatic heterocycles. The van der Waals surface area contributed by atoms with E-state index in [9.17, 15) is 10.1 Å². The molecule has 0 aliphatic heterocycles. The fourth-order valence-electron chi connectivity index (χ4n) is 3.42. The zero-order valence-electron chi connectivity index (χ0n) is 17.1. The third-order valence-electron chi connectivity index (χ3n) is 5.13. The van der Waals surface area contributed by atoms with Crippen molar-refractivity contribution in [3.63, 3.8) is 0 Å². The van der Waals surface area contributed by atoms with Gasteiger partial charge in [-0.1, -0.05) is 38.1 Å². The van der Waals surface area contributed by atoms with Crippen molar-refractivity contribution in [2.45, 2.75) is 33.6 Å². The number of hydrogen-bond donors (Lipinski definition) is 2. The maximum absolute atomic E-state index is 12.9. The largest absolute Gasteiger partial charge is 0.397 e. The van der Waals surface area contributed by atoms with Gasteiger partial charge >= 0.3 is 0 Å². The summed E-state index contributed by atoms with van der Waals surface area (Å²) in [5.41, 5.74) is 15.8. The number of aromatic nitrogens is 1. The average molecular weight is 408 g/mol. The molecule has 4 N–H and O–H groups in total. The zero-order chi connectivity index (χ0) is 21.3. The number of pyridine rings is 1. The fraction of sp³-hybridized carbons (Fsp3) is 0.318. The zero-order valence-corrected chi connectivity index (χ0v) is 17.9. The van der Waals surface area contributed by atoms with Crippen molar-refractivity contribution in [2.24, 2.45) is 0 Å². The second-order valence-electron chi connectivity index (χ2n) is 7.14. The summed E-state index contributed by atoms with van der Waals surface area (Å²) in [6.07, 6.45) is 0. The maximum Gasteiger partial charge on any atom is 0.266 e. The van der Waals surface area contributed by atoms with Crippen LogP contribution in [0.4, 0.5) is 11.5 Å². The molecule has 0 aliphatic rings. The molecular formula is C22H25N5OS. The fourth-order valence-corrected chi connectivity index (χ4v) is 4.50. The molecule has 0 bridgehead atoms. The number of nitrogens with two attached hydrogens (primary N) is 2. The number of carbonyl (C=O) groups is 1. The molecule has 0 saturated carbocycles. The number of nitriles is 1. The third kappa shape index (κ3) is 3.52. The highest BCUT2D eigenvalue weighted by molar-refractivity contribution is 7.21. The lowest BCUT2D eigenvalue weighted by Crippen LogP contribution is -2.30.